The molecule has 10 heteroatoms. The molecule has 0 saturated heterocycles. The van der Waals surface area contributed by atoms with Gasteiger partial charge in [0.1, 0.15) is 11.5 Å². The third kappa shape index (κ3) is 6.79. The molecular formula is C25H25NaO8S. The van der Waals surface area contributed by atoms with Gasteiger partial charge in [0, 0.05) is 27.6 Å². The Bertz CT molecular complexity index is 1190. The molecule has 0 radical (unpaired) electrons. The smallest absolute Gasteiger partial charge is 1.00 e. The van der Waals surface area contributed by atoms with E-state index >= 15 is 0 Å². The standard InChI is InChI=1S/C25H24O8S.Na.H/c1-29-20-13-19(33-14-24(27)28)15(10-17(20)23-6-5-9-34-23)7-8-18(26)16-11-21(30-2)25(32-4)22(12-16)31-3;;/h5-13H,14H2,1-4H3,(H,27,28);;/q;+1;-1/b8-7+;;. The second-order valence-corrected chi connectivity index (χ2v) is 7.81. The summed E-state index contributed by atoms with van der Waals surface area (Å²) in [5.41, 5.74) is 1.64. The van der Waals surface area contributed by atoms with E-state index in [0.29, 0.717) is 34.1 Å². The summed E-state index contributed by atoms with van der Waals surface area (Å²) in [6, 6.07) is 10.4. The fourth-order valence-corrected chi connectivity index (χ4v) is 4.00. The van der Waals surface area contributed by atoms with Gasteiger partial charge in [-0.1, -0.05) is 6.07 Å². The van der Waals surface area contributed by atoms with Gasteiger partial charge in [0.2, 0.25) is 5.75 Å². The number of hydrogen-bond acceptors (Lipinski definition) is 8. The molecule has 3 rings (SSSR count). The van der Waals surface area contributed by atoms with E-state index in [1.807, 2.05) is 17.5 Å². The van der Waals surface area contributed by atoms with E-state index < -0.39 is 12.6 Å². The molecule has 0 aliphatic carbocycles. The van der Waals surface area contributed by atoms with E-state index in [2.05, 4.69) is 0 Å². The number of carboxylic acids is 1. The van der Waals surface area contributed by atoms with Crippen LogP contribution in [0.4, 0.5) is 0 Å². The van der Waals surface area contributed by atoms with Gasteiger partial charge in [-0.05, 0) is 41.8 Å². The van der Waals surface area contributed by atoms with Gasteiger partial charge in [0.25, 0.3) is 0 Å². The Morgan fingerprint density at radius 1 is 0.943 bits per heavy atom. The van der Waals surface area contributed by atoms with Crippen LogP contribution in [0, 0.1) is 0 Å². The third-order valence-electron chi connectivity index (χ3n) is 4.83. The molecule has 0 unspecified atom stereocenters. The SMILES string of the molecule is COc1cc(OCC(=O)O)c(/C=C/C(=O)c2cc(OC)c(OC)c(OC)c2)cc1-c1cccs1.[H-].[Na+]. The fourth-order valence-electron chi connectivity index (χ4n) is 3.25. The zero-order chi connectivity index (χ0) is 24.7. The quantitative estimate of drug-likeness (QED) is 0.238. The predicted octanol–water partition coefficient (Wildman–Crippen LogP) is 1.93. The third-order valence-corrected chi connectivity index (χ3v) is 5.74. The summed E-state index contributed by atoms with van der Waals surface area (Å²) in [5.74, 6) is 0.443. The number of carboxylic acid groups (broad SMARTS) is 1. The second-order valence-electron chi connectivity index (χ2n) is 6.86. The summed E-state index contributed by atoms with van der Waals surface area (Å²) in [5, 5.41) is 11.0. The number of carbonyl (C=O) groups is 2. The van der Waals surface area contributed by atoms with Crippen LogP contribution >= 0.6 is 11.3 Å². The summed E-state index contributed by atoms with van der Waals surface area (Å²) < 4.78 is 26.9. The first-order chi connectivity index (χ1) is 16.4. The molecule has 0 aliphatic rings. The molecule has 0 atom stereocenters. The van der Waals surface area contributed by atoms with Crippen molar-refractivity contribution in [1.29, 1.82) is 0 Å². The minimum atomic E-state index is -1.12. The van der Waals surface area contributed by atoms with E-state index in [0.717, 1.165) is 10.4 Å². The number of rotatable bonds is 11. The van der Waals surface area contributed by atoms with Crippen LogP contribution < -0.4 is 53.2 Å². The summed E-state index contributed by atoms with van der Waals surface area (Å²) in [7, 11) is 5.94. The Labute approximate surface area is 230 Å². The van der Waals surface area contributed by atoms with Crippen molar-refractivity contribution < 1.29 is 69.4 Å². The van der Waals surface area contributed by atoms with Gasteiger partial charge in [0.05, 0.1) is 28.4 Å². The number of hydrogen-bond donors (Lipinski definition) is 1. The van der Waals surface area contributed by atoms with Gasteiger partial charge in [-0.15, -0.1) is 11.3 Å². The number of ketones is 1. The zero-order valence-corrected chi connectivity index (χ0v) is 22.9. The Balaban J connectivity index is 0.00000324. The molecule has 0 spiro atoms. The zero-order valence-electron chi connectivity index (χ0n) is 21.1. The van der Waals surface area contributed by atoms with E-state index in [1.54, 1.807) is 30.3 Å². The van der Waals surface area contributed by atoms with E-state index in [1.165, 1.54) is 45.9 Å². The van der Waals surface area contributed by atoms with Gasteiger partial charge < -0.3 is 30.2 Å². The topological polar surface area (TPSA) is 101 Å². The molecule has 1 heterocycles. The van der Waals surface area contributed by atoms with Crippen LogP contribution in [0.2, 0.25) is 0 Å². The molecule has 35 heavy (non-hydrogen) atoms. The Morgan fingerprint density at radius 2 is 1.60 bits per heavy atom. The monoisotopic (exact) mass is 508 g/mol. The number of methoxy groups -OCH3 is 4. The average molecular weight is 509 g/mol. The molecule has 0 aliphatic heterocycles. The number of allylic oxidation sites excluding steroid dienone is 1. The van der Waals surface area contributed by atoms with Gasteiger partial charge in [0.15, 0.2) is 23.9 Å². The van der Waals surface area contributed by atoms with E-state index in [9.17, 15) is 9.59 Å². The van der Waals surface area contributed by atoms with Crippen molar-refractivity contribution in [1.82, 2.24) is 0 Å². The van der Waals surface area contributed by atoms with Crippen LogP contribution in [0.3, 0.4) is 0 Å². The molecule has 0 fully saturated rings. The normalized spacial score (nSPS) is 10.4. The van der Waals surface area contributed by atoms with Crippen LogP contribution in [0.5, 0.6) is 28.7 Å². The van der Waals surface area contributed by atoms with Crippen molar-refractivity contribution in [2.45, 2.75) is 0 Å². The Morgan fingerprint density at radius 3 is 2.11 bits per heavy atom. The van der Waals surface area contributed by atoms with Crippen molar-refractivity contribution in [2.24, 2.45) is 0 Å². The minimum Gasteiger partial charge on any atom is -1.00 e. The molecule has 1 N–H and O–H groups in total. The van der Waals surface area contributed by atoms with Crippen LogP contribution in [-0.4, -0.2) is 51.9 Å². The summed E-state index contributed by atoms with van der Waals surface area (Å²) in [6.45, 7) is -0.539. The summed E-state index contributed by atoms with van der Waals surface area (Å²) in [4.78, 5) is 25.0. The maximum absolute atomic E-state index is 13.0. The Hall–Kier alpha value is -2.98. The van der Waals surface area contributed by atoms with Crippen LogP contribution in [-0.2, 0) is 4.79 Å². The maximum Gasteiger partial charge on any atom is 1.00 e. The van der Waals surface area contributed by atoms with E-state index in [-0.39, 0.29) is 42.5 Å². The first kappa shape index (κ1) is 28.3. The summed E-state index contributed by atoms with van der Waals surface area (Å²) >= 11 is 1.53. The van der Waals surface area contributed by atoms with Crippen molar-refractivity contribution in [3.63, 3.8) is 0 Å². The van der Waals surface area contributed by atoms with Crippen molar-refractivity contribution in [3.8, 4) is 39.2 Å². The molecule has 0 saturated carbocycles. The van der Waals surface area contributed by atoms with Gasteiger partial charge in [-0.2, -0.15) is 0 Å². The molecule has 0 amide bonds. The number of aliphatic carboxylic acids is 1. The molecule has 3 aromatic rings. The number of thiophene rings is 1. The maximum atomic E-state index is 13.0. The molecular weight excluding hydrogens is 483 g/mol. The number of benzene rings is 2. The van der Waals surface area contributed by atoms with E-state index in [4.69, 9.17) is 28.8 Å². The van der Waals surface area contributed by atoms with Crippen LogP contribution in [0.25, 0.3) is 16.5 Å². The molecule has 0 bridgehead atoms. The predicted molar refractivity (Wildman–Crippen MR) is 130 cm³/mol. The first-order valence-corrected chi connectivity index (χ1v) is 10.9. The largest absolute Gasteiger partial charge is 1.00 e. The number of ether oxygens (including phenoxy) is 5. The second kappa shape index (κ2) is 13.2. The van der Waals surface area contributed by atoms with Gasteiger partial charge in [-0.25, -0.2) is 4.79 Å². The van der Waals surface area contributed by atoms with Crippen LogP contribution in [0.15, 0.2) is 47.9 Å². The molecule has 2 aromatic carbocycles. The van der Waals surface area contributed by atoms with Crippen molar-refractivity contribution >= 4 is 29.2 Å². The fraction of sp³-hybridized carbons (Fsp3) is 0.200. The first-order valence-electron chi connectivity index (χ1n) is 10.0. The summed E-state index contributed by atoms with van der Waals surface area (Å²) in [6.07, 6.45) is 2.94. The minimum absolute atomic E-state index is 0. The van der Waals surface area contributed by atoms with Gasteiger partial charge >= 0.3 is 35.5 Å². The number of carbonyl (C=O) groups excluding carboxylic acids is 1. The van der Waals surface area contributed by atoms with Gasteiger partial charge in [-0.3, -0.25) is 4.79 Å². The average Bonchev–Trinajstić information content (AvgIpc) is 3.39. The molecule has 8 nitrogen and oxygen atoms in total. The molecule has 180 valence electrons. The Kier molecular flexibility index (Phi) is 10.7. The van der Waals surface area contributed by atoms with Crippen molar-refractivity contribution in [3.05, 3.63) is 59.0 Å². The molecule has 1 aromatic heterocycles. The van der Waals surface area contributed by atoms with Crippen LogP contribution in [0.1, 0.15) is 17.3 Å². The van der Waals surface area contributed by atoms with Crippen molar-refractivity contribution in [2.75, 3.05) is 35.0 Å².